The van der Waals surface area contributed by atoms with E-state index in [9.17, 15) is 13.2 Å². The average molecular weight is 290 g/mol. The van der Waals surface area contributed by atoms with Gasteiger partial charge in [0.2, 0.25) is 0 Å². The number of hydrogen-bond acceptors (Lipinski definition) is 4. The Kier molecular flexibility index (Phi) is 5.83. The smallest absolute Gasteiger partial charge is 0.312 e. The number of sulfone groups is 1. The Morgan fingerprint density at radius 1 is 1.32 bits per heavy atom. The molecule has 0 heterocycles. The zero-order valence-electron chi connectivity index (χ0n) is 12.3. The van der Waals surface area contributed by atoms with Crippen LogP contribution in [0.1, 0.15) is 52.4 Å². The molecule has 0 radical (unpaired) electrons. The molecule has 4 nitrogen and oxygen atoms in total. The first kappa shape index (κ1) is 16.5. The summed E-state index contributed by atoms with van der Waals surface area (Å²) < 4.78 is 27.4. The Morgan fingerprint density at radius 3 is 2.42 bits per heavy atom. The van der Waals surface area contributed by atoms with E-state index in [1.165, 1.54) is 6.26 Å². The highest BCUT2D eigenvalue weighted by molar-refractivity contribution is 7.90. The van der Waals surface area contributed by atoms with Crippen molar-refractivity contribution in [2.24, 2.45) is 11.3 Å². The summed E-state index contributed by atoms with van der Waals surface area (Å²) in [5.41, 5.74) is -0.331. The molecule has 1 saturated carbocycles. The van der Waals surface area contributed by atoms with E-state index in [-0.39, 0.29) is 17.1 Å². The van der Waals surface area contributed by atoms with Crippen molar-refractivity contribution in [2.45, 2.75) is 52.4 Å². The minimum absolute atomic E-state index is 0.0764. The van der Waals surface area contributed by atoms with E-state index in [2.05, 4.69) is 6.92 Å². The fourth-order valence-corrected chi connectivity index (χ4v) is 3.80. The van der Waals surface area contributed by atoms with Crippen molar-refractivity contribution in [1.29, 1.82) is 0 Å². The normalized spacial score (nSPS) is 26.8. The monoisotopic (exact) mass is 290 g/mol. The number of carbonyl (C=O) groups excluding carboxylic acids is 1. The molecular formula is C14H26O4S. The van der Waals surface area contributed by atoms with Gasteiger partial charge in [-0.2, -0.15) is 0 Å². The van der Waals surface area contributed by atoms with Crippen LogP contribution in [0.4, 0.5) is 0 Å². The number of esters is 1. The molecule has 1 aliphatic carbocycles. The summed E-state index contributed by atoms with van der Waals surface area (Å²) in [6.45, 7) is 4.35. The molecule has 0 spiro atoms. The summed E-state index contributed by atoms with van der Waals surface area (Å²) in [6.07, 6.45) is 6.40. The fourth-order valence-electron chi connectivity index (χ4n) is 3.07. The molecule has 112 valence electrons. The van der Waals surface area contributed by atoms with Gasteiger partial charge in [0.05, 0.1) is 12.0 Å². The number of ether oxygens (including phenoxy) is 1. The topological polar surface area (TPSA) is 60.4 Å². The van der Waals surface area contributed by atoms with Gasteiger partial charge in [0, 0.05) is 12.0 Å². The summed E-state index contributed by atoms with van der Waals surface area (Å²) in [4.78, 5) is 12.2. The maximum absolute atomic E-state index is 12.2. The molecule has 0 aromatic rings. The minimum atomic E-state index is -2.90. The van der Waals surface area contributed by atoms with Crippen LogP contribution in [0.5, 0.6) is 0 Å². The van der Waals surface area contributed by atoms with Crippen LogP contribution in [0.2, 0.25) is 0 Å². The van der Waals surface area contributed by atoms with Gasteiger partial charge in [0.25, 0.3) is 0 Å². The van der Waals surface area contributed by atoms with E-state index in [4.69, 9.17) is 4.74 Å². The lowest BCUT2D eigenvalue weighted by Gasteiger charge is -2.47. The van der Waals surface area contributed by atoms with E-state index < -0.39 is 9.84 Å². The molecule has 0 N–H and O–H groups in total. The SMILES string of the molecule is CCOC(=O)C1(CCCCS(C)(=O)=O)CCC1CC. The molecule has 1 rings (SSSR count). The molecule has 2 unspecified atom stereocenters. The van der Waals surface area contributed by atoms with Crippen molar-refractivity contribution in [3.8, 4) is 0 Å². The van der Waals surface area contributed by atoms with Gasteiger partial charge in [0.15, 0.2) is 0 Å². The summed E-state index contributed by atoms with van der Waals surface area (Å²) in [5.74, 6) is 0.542. The van der Waals surface area contributed by atoms with Gasteiger partial charge in [-0.05, 0) is 38.5 Å². The van der Waals surface area contributed by atoms with Gasteiger partial charge in [0.1, 0.15) is 9.84 Å². The highest BCUT2D eigenvalue weighted by atomic mass is 32.2. The summed E-state index contributed by atoms with van der Waals surface area (Å²) >= 11 is 0. The van der Waals surface area contributed by atoms with E-state index >= 15 is 0 Å². The first-order valence-corrected chi connectivity index (χ1v) is 9.26. The molecule has 5 heteroatoms. The lowest BCUT2D eigenvalue weighted by atomic mass is 9.57. The number of carbonyl (C=O) groups is 1. The van der Waals surface area contributed by atoms with E-state index in [0.717, 1.165) is 32.1 Å². The average Bonchev–Trinajstić information content (AvgIpc) is 2.27. The largest absolute Gasteiger partial charge is 0.466 e. The summed E-state index contributed by atoms with van der Waals surface area (Å²) in [5, 5.41) is 0. The van der Waals surface area contributed by atoms with Crippen molar-refractivity contribution in [3.05, 3.63) is 0 Å². The molecule has 19 heavy (non-hydrogen) atoms. The predicted octanol–water partition coefficient (Wildman–Crippen LogP) is 2.57. The van der Waals surface area contributed by atoms with Crippen molar-refractivity contribution in [3.63, 3.8) is 0 Å². The van der Waals surface area contributed by atoms with Crippen molar-refractivity contribution in [1.82, 2.24) is 0 Å². The lowest BCUT2D eigenvalue weighted by Crippen LogP contribution is -2.47. The highest BCUT2D eigenvalue weighted by Crippen LogP contribution is 2.52. The van der Waals surface area contributed by atoms with E-state index in [0.29, 0.717) is 18.9 Å². The molecule has 0 aromatic carbocycles. The first-order chi connectivity index (χ1) is 8.85. The molecule has 0 aliphatic heterocycles. The lowest BCUT2D eigenvalue weighted by molar-refractivity contribution is -0.169. The van der Waals surface area contributed by atoms with Gasteiger partial charge in [-0.15, -0.1) is 0 Å². The number of unbranched alkanes of at least 4 members (excludes halogenated alkanes) is 1. The Morgan fingerprint density at radius 2 is 2.00 bits per heavy atom. The second kappa shape index (κ2) is 6.73. The van der Waals surface area contributed by atoms with Crippen LogP contribution in [0.15, 0.2) is 0 Å². The zero-order valence-corrected chi connectivity index (χ0v) is 13.1. The van der Waals surface area contributed by atoms with Gasteiger partial charge in [-0.3, -0.25) is 4.79 Å². The molecule has 0 bridgehead atoms. The van der Waals surface area contributed by atoms with Crippen LogP contribution in [0.3, 0.4) is 0 Å². The third-order valence-corrected chi connectivity index (χ3v) is 5.31. The quantitative estimate of drug-likeness (QED) is 0.509. The maximum Gasteiger partial charge on any atom is 0.312 e. The summed E-state index contributed by atoms with van der Waals surface area (Å²) in [6, 6.07) is 0. The van der Waals surface area contributed by atoms with E-state index in [1.54, 1.807) is 0 Å². The van der Waals surface area contributed by atoms with Gasteiger partial charge >= 0.3 is 5.97 Å². The molecule has 2 atom stereocenters. The van der Waals surface area contributed by atoms with Crippen LogP contribution in [0.25, 0.3) is 0 Å². The Balaban J connectivity index is 2.54. The van der Waals surface area contributed by atoms with Crippen LogP contribution in [-0.2, 0) is 19.4 Å². The van der Waals surface area contributed by atoms with Crippen LogP contribution in [0, 0.1) is 11.3 Å². The van der Waals surface area contributed by atoms with Gasteiger partial charge in [-0.1, -0.05) is 19.8 Å². The zero-order chi connectivity index (χ0) is 14.5. The standard InChI is InChI=1S/C14H26O4S/c1-4-12-8-10-14(12,13(15)18-5-2)9-6-7-11-19(3,16)17/h12H,4-11H2,1-3H3. The molecule has 1 fully saturated rings. The molecular weight excluding hydrogens is 264 g/mol. The van der Waals surface area contributed by atoms with Crippen LogP contribution >= 0.6 is 0 Å². The van der Waals surface area contributed by atoms with Gasteiger partial charge in [-0.25, -0.2) is 8.42 Å². The Labute approximate surface area is 116 Å². The number of rotatable bonds is 8. The van der Waals surface area contributed by atoms with E-state index in [1.807, 2.05) is 6.92 Å². The van der Waals surface area contributed by atoms with Crippen molar-refractivity contribution < 1.29 is 17.9 Å². The second-order valence-electron chi connectivity index (χ2n) is 5.61. The predicted molar refractivity (Wildman–Crippen MR) is 75.6 cm³/mol. The Bertz CT molecular complexity index is 400. The third kappa shape index (κ3) is 4.20. The summed E-state index contributed by atoms with van der Waals surface area (Å²) in [7, 11) is -2.90. The van der Waals surface area contributed by atoms with Crippen LogP contribution < -0.4 is 0 Å². The van der Waals surface area contributed by atoms with Gasteiger partial charge < -0.3 is 4.74 Å². The number of hydrogen-bond donors (Lipinski definition) is 0. The molecule has 0 saturated heterocycles. The Hall–Kier alpha value is -0.580. The fraction of sp³-hybridized carbons (Fsp3) is 0.929. The molecule has 1 aliphatic rings. The first-order valence-electron chi connectivity index (χ1n) is 7.20. The van der Waals surface area contributed by atoms with Crippen molar-refractivity contribution in [2.75, 3.05) is 18.6 Å². The van der Waals surface area contributed by atoms with Crippen molar-refractivity contribution >= 4 is 15.8 Å². The molecule has 0 amide bonds. The maximum atomic E-state index is 12.2. The second-order valence-corrected chi connectivity index (χ2v) is 7.87. The molecule has 0 aromatic heterocycles. The van der Waals surface area contributed by atoms with Crippen LogP contribution in [-0.4, -0.2) is 33.0 Å². The minimum Gasteiger partial charge on any atom is -0.466 e. The highest BCUT2D eigenvalue weighted by Gasteiger charge is 2.51. The third-order valence-electron chi connectivity index (χ3n) is 4.28.